The summed E-state index contributed by atoms with van der Waals surface area (Å²) in [4.78, 5) is 28.5. The maximum Gasteiger partial charge on any atom is 0.264 e. The van der Waals surface area contributed by atoms with Gasteiger partial charge in [0.25, 0.3) is 10.0 Å². The number of nitrogens with one attached hydrogen (secondary N) is 1. The highest BCUT2D eigenvalue weighted by Gasteiger charge is 2.33. The minimum atomic E-state index is -4.21. The first-order chi connectivity index (χ1) is 20.1. The predicted molar refractivity (Wildman–Crippen MR) is 163 cm³/mol. The zero-order valence-corrected chi connectivity index (χ0v) is 25.7. The topological polar surface area (TPSA) is 105 Å². The summed E-state index contributed by atoms with van der Waals surface area (Å²) < 4.78 is 40.2. The highest BCUT2D eigenvalue weighted by Crippen LogP contribution is 2.36. The molecule has 0 spiro atoms. The summed E-state index contributed by atoms with van der Waals surface area (Å²) in [5, 5.41) is 3.50. The number of nitrogens with zero attached hydrogens (tertiary/aromatic N) is 2. The van der Waals surface area contributed by atoms with Crippen LogP contribution in [0.5, 0.6) is 11.5 Å². The normalized spacial score (nSPS) is 13.2. The van der Waals surface area contributed by atoms with E-state index in [1.807, 2.05) is 6.92 Å². The molecule has 12 heteroatoms. The Bertz CT molecular complexity index is 1520. The molecule has 0 bridgehead atoms. The number of fused-ring (bicyclic) bond motifs is 1. The third kappa shape index (κ3) is 7.48. The number of carbonyl (C=O) groups is 2. The molecule has 9 nitrogen and oxygen atoms in total. The summed E-state index contributed by atoms with van der Waals surface area (Å²) >= 11 is 12.3. The van der Waals surface area contributed by atoms with Crippen LogP contribution in [0.2, 0.25) is 10.0 Å². The maximum absolute atomic E-state index is 14.1. The van der Waals surface area contributed by atoms with E-state index in [0.29, 0.717) is 46.9 Å². The predicted octanol–water partition coefficient (Wildman–Crippen LogP) is 5.29. The molecule has 224 valence electrons. The van der Waals surface area contributed by atoms with Gasteiger partial charge in [0, 0.05) is 19.2 Å². The minimum Gasteiger partial charge on any atom is -0.486 e. The molecule has 3 aromatic carbocycles. The molecule has 42 heavy (non-hydrogen) atoms. The number of carbonyl (C=O) groups excluding carboxylic acids is 2. The van der Waals surface area contributed by atoms with Gasteiger partial charge >= 0.3 is 0 Å². The molecule has 0 saturated heterocycles. The second kappa shape index (κ2) is 14.1. The third-order valence-electron chi connectivity index (χ3n) is 6.76. The average Bonchev–Trinajstić information content (AvgIpc) is 3.00. The van der Waals surface area contributed by atoms with E-state index in [2.05, 4.69) is 5.32 Å². The van der Waals surface area contributed by atoms with E-state index in [9.17, 15) is 18.0 Å². The van der Waals surface area contributed by atoms with Crippen molar-refractivity contribution in [2.45, 2.75) is 44.2 Å². The summed E-state index contributed by atoms with van der Waals surface area (Å²) in [6.07, 6.45) is 1.68. The van der Waals surface area contributed by atoms with Crippen LogP contribution in [-0.2, 0) is 26.2 Å². The van der Waals surface area contributed by atoms with Gasteiger partial charge in [0.2, 0.25) is 11.8 Å². The van der Waals surface area contributed by atoms with Crippen molar-refractivity contribution in [3.05, 3.63) is 82.3 Å². The van der Waals surface area contributed by atoms with Crippen molar-refractivity contribution in [2.24, 2.45) is 0 Å². The number of hydrogen-bond donors (Lipinski definition) is 1. The Morgan fingerprint density at radius 2 is 1.67 bits per heavy atom. The number of amides is 2. The van der Waals surface area contributed by atoms with Crippen molar-refractivity contribution in [2.75, 3.05) is 30.6 Å². The lowest BCUT2D eigenvalue weighted by atomic mass is 10.1. The lowest BCUT2D eigenvalue weighted by Crippen LogP contribution is -2.51. The van der Waals surface area contributed by atoms with E-state index in [4.69, 9.17) is 32.7 Å². The summed E-state index contributed by atoms with van der Waals surface area (Å²) in [5.74, 6) is -0.0925. The second-order valence-electron chi connectivity index (χ2n) is 9.74. The first-order valence-corrected chi connectivity index (χ1v) is 15.8. The molecule has 0 aromatic heterocycles. The van der Waals surface area contributed by atoms with Gasteiger partial charge in [0.15, 0.2) is 11.5 Å². The maximum atomic E-state index is 14.1. The molecule has 0 fully saturated rings. The van der Waals surface area contributed by atoms with Gasteiger partial charge in [-0.25, -0.2) is 8.42 Å². The average molecular weight is 635 g/mol. The fraction of sp³-hybridized carbons (Fsp3) is 0.333. The summed E-state index contributed by atoms with van der Waals surface area (Å²) in [6, 6.07) is 16.6. The monoisotopic (exact) mass is 633 g/mol. The first kappa shape index (κ1) is 31.5. The van der Waals surface area contributed by atoms with E-state index in [-0.39, 0.29) is 23.0 Å². The lowest BCUT2D eigenvalue weighted by Gasteiger charge is -2.32. The van der Waals surface area contributed by atoms with Crippen molar-refractivity contribution in [3.8, 4) is 11.5 Å². The van der Waals surface area contributed by atoms with Crippen LogP contribution in [-0.4, -0.2) is 57.5 Å². The zero-order chi connectivity index (χ0) is 30.3. The number of unbranched alkanes of at least 4 members (excludes halogenated alkanes) is 1. The zero-order valence-electron chi connectivity index (χ0n) is 23.4. The molecule has 1 heterocycles. The molecule has 2 amide bonds. The Morgan fingerprint density at radius 1 is 0.952 bits per heavy atom. The molecular formula is C30H33Cl2N3O6S. The molecule has 3 aromatic rings. The Kier molecular flexibility index (Phi) is 10.6. The van der Waals surface area contributed by atoms with Gasteiger partial charge in [-0.15, -0.1) is 0 Å². The van der Waals surface area contributed by atoms with Crippen LogP contribution >= 0.6 is 23.2 Å². The summed E-state index contributed by atoms with van der Waals surface area (Å²) in [6.45, 7) is 4.18. The molecule has 1 atom stereocenters. The van der Waals surface area contributed by atoms with Crippen molar-refractivity contribution in [3.63, 3.8) is 0 Å². The highest BCUT2D eigenvalue weighted by atomic mass is 35.5. The van der Waals surface area contributed by atoms with Gasteiger partial charge in [-0.05, 0) is 55.3 Å². The third-order valence-corrected chi connectivity index (χ3v) is 9.28. The quantitative estimate of drug-likeness (QED) is 0.272. The van der Waals surface area contributed by atoms with Crippen LogP contribution in [0.3, 0.4) is 0 Å². The van der Waals surface area contributed by atoms with E-state index in [1.54, 1.807) is 55.5 Å². The minimum absolute atomic E-state index is 0.00154. The fourth-order valence-electron chi connectivity index (χ4n) is 4.39. The Morgan fingerprint density at radius 3 is 2.36 bits per heavy atom. The van der Waals surface area contributed by atoms with Crippen LogP contribution in [0, 0.1) is 0 Å². The molecule has 4 rings (SSSR count). The molecule has 1 N–H and O–H groups in total. The van der Waals surface area contributed by atoms with Crippen molar-refractivity contribution in [1.82, 2.24) is 10.2 Å². The molecule has 1 unspecified atom stereocenters. The van der Waals surface area contributed by atoms with Gasteiger partial charge < -0.3 is 19.7 Å². The number of ether oxygens (including phenoxy) is 2. The summed E-state index contributed by atoms with van der Waals surface area (Å²) in [5.41, 5.74) is 0.841. The molecule has 0 aliphatic carbocycles. The number of anilines is 1. The van der Waals surface area contributed by atoms with Crippen LogP contribution in [0.15, 0.2) is 71.6 Å². The van der Waals surface area contributed by atoms with Crippen molar-refractivity contribution >= 4 is 50.7 Å². The Labute approximate surface area is 256 Å². The SMILES string of the molecule is CCCCNC(=O)C(C)N(Cc1ccc(Cl)c(Cl)c1)C(=O)CN(c1ccc2c(c1)OCCO2)S(=O)(=O)c1ccccc1. The van der Waals surface area contributed by atoms with E-state index >= 15 is 0 Å². The summed E-state index contributed by atoms with van der Waals surface area (Å²) in [7, 11) is -4.21. The van der Waals surface area contributed by atoms with Crippen molar-refractivity contribution in [1.29, 1.82) is 0 Å². The molecule has 0 saturated carbocycles. The number of rotatable bonds is 12. The molecule has 0 radical (unpaired) electrons. The number of benzene rings is 3. The first-order valence-electron chi connectivity index (χ1n) is 13.6. The van der Waals surface area contributed by atoms with Gasteiger partial charge in [-0.2, -0.15) is 0 Å². The van der Waals surface area contributed by atoms with Crippen LogP contribution in [0.1, 0.15) is 32.3 Å². The second-order valence-corrected chi connectivity index (χ2v) is 12.4. The van der Waals surface area contributed by atoms with Gasteiger partial charge in [-0.1, -0.05) is 60.8 Å². The fourth-order valence-corrected chi connectivity index (χ4v) is 6.14. The molecule has 1 aliphatic heterocycles. The highest BCUT2D eigenvalue weighted by molar-refractivity contribution is 7.92. The Hall–Kier alpha value is -3.47. The van der Waals surface area contributed by atoms with Crippen molar-refractivity contribution < 1.29 is 27.5 Å². The number of halogens is 2. The molecular weight excluding hydrogens is 601 g/mol. The van der Waals surface area contributed by atoms with Crippen LogP contribution in [0.4, 0.5) is 5.69 Å². The van der Waals surface area contributed by atoms with E-state index in [1.165, 1.54) is 23.1 Å². The van der Waals surface area contributed by atoms with E-state index in [0.717, 1.165) is 17.1 Å². The van der Waals surface area contributed by atoms with E-state index < -0.39 is 28.5 Å². The van der Waals surface area contributed by atoms with Gasteiger partial charge in [0.05, 0.1) is 20.6 Å². The Balaban J connectivity index is 1.71. The largest absolute Gasteiger partial charge is 0.486 e. The van der Waals surface area contributed by atoms with Gasteiger partial charge in [0.1, 0.15) is 25.8 Å². The smallest absolute Gasteiger partial charge is 0.264 e. The number of sulfonamides is 1. The van der Waals surface area contributed by atoms with Crippen LogP contribution < -0.4 is 19.1 Å². The van der Waals surface area contributed by atoms with Gasteiger partial charge in [-0.3, -0.25) is 13.9 Å². The number of hydrogen-bond acceptors (Lipinski definition) is 6. The lowest BCUT2D eigenvalue weighted by molar-refractivity contribution is -0.139. The molecule has 1 aliphatic rings. The van der Waals surface area contributed by atoms with Crippen LogP contribution in [0.25, 0.3) is 0 Å². The standard InChI is InChI=1S/C30H33Cl2N3O6S/c1-3-4-14-33-30(37)21(2)34(19-22-10-12-25(31)26(32)17-22)29(36)20-35(42(38,39)24-8-6-5-7-9-24)23-11-13-27-28(18-23)41-16-15-40-27/h5-13,17-18,21H,3-4,14-16,19-20H2,1-2H3,(H,33,37).